The monoisotopic (exact) mass is 398 g/mol. The first-order valence-corrected chi connectivity index (χ1v) is 9.09. The summed E-state index contributed by atoms with van der Waals surface area (Å²) in [5, 5.41) is 0. The SMILES string of the molecule is COc1cc(C=CC(=O)N2CCC=C(C#CCN(C)C)C2=O)cc(OC)c1OC. The highest BCUT2D eigenvalue weighted by Crippen LogP contribution is 2.38. The number of amides is 2. The third-order valence-electron chi connectivity index (χ3n) is 4.17. The molecule has 0 saturated carbocycles. The van der Waals surface area contributed by atoms with Gasteiger partial charge in [-0.3, -0.25) is 19.4 Å². The Kier molecular flexibility index (Phi) is 7.87. The normalized spacial score (nSPS) is 13.8. The molecule has 1 aromatic carbocycles. The molecule has 2 amide bonds. The van der Waals surface area contributed by atoms with Crippen LogP contribution in [0, 0.1) is 11.8 Å². The highest BCUT2D eigenvalue weighted by Gasteiger charge is 2.25. The zero-order valence-electron chi connectivity index (χ0n) is 17.4. The minimum absolute atomic E-state index is 0.329. The fourth-order valence-electron chi connectivity index (χ4n) is 2.73. The van der Waals surface area contributed by atoms with Crippen LogP contribution in [0.5, 0.6) is 17.2 Å². The maximum Gasteiger partial charge on any atom is 0.268 e. The van der Waals surface area contributed by atoms with Gasteiger partial charge in [0.15, 0.2) is 11.5 Å². The molecule has 2 rings (SSSR count). The summed E-state index contributed by atoms with van der Waals surface area (Å²) in [6, 6.07) is 3.45. The van der Waals surface area contributed by atoms with E-state index in [0.717, 1.165) is 0 Å². The van der Waals surface area contributed by atoms with E-state index in [1.54, 1.807) is 24.3 Å². The summed E-state index contributed by atoms with van der Waals surface area (Å²) in [5.74, 6) is 6.45. The average Bonchev–Trinajstić information content (AvgIpc) is 2.72. The van der Waals surface area contributed by atoms with Crippen molar-refractivity contribution in [2.24, 2.45) is 0 Å². The first-order valence-electron chi connectivity index (χ1n) is 9.09. The van der Waals surface area contributed by atoms with Crippen molar-refractivity contribution >= 4 is 17.9 Å². The second-order valence-corrected chi connectivity index (χ2v) is 6.53. The van der Waals surface area contributed by atoms with E-state index in [9.17, 15) is 9.59 Å². The fraction of sp³-hybridized carbons (Fsp3) is 0.364. The van der Waals surface area contributed by atoms with E-state index in [1.165, 1.54) is 32.3 Å². The minimum Gasteiger partial charge on any atom is -0.493 e. The fourth-order valence-corrected chi connectivity index (χ4v) is 2.73. The maximum atomic E-state index is 12.6. The van der Waals surface area contributed by atoms with Crippen molar-refractivity contribution in [2.75, 3.05) is 48.5 Å². The first kappa shape index (κ1) is 22.1. The van der Waals surface area contributed by atoms with Crippen LogP contribution in [0.1, 0.15) is 12.0 Å². The number of nitrogens with zero attached hydrogens (tertiary/aromatic N) is 2. The van der Waals surface area contributed by atoms with Gasteiger partial charge in [0, 0.05) is 12.6 Å². The molecule has 1 heterocycles. The van der Waals surface area contributed by atoms with Gasteiger partial charge in [-0.1, -0.05) is 17.9 Å². The molecule has 0 fully saturated rings. The summed E-state index contributed by atoms with van der Waals surface area (Å²) in [4.78, 5) is 28.3. The Bertz CT molecular complexity index is 865. The number of hydrogen-bond donors (Lipinski definition) is 0. The van der Waals surface area contributed by atoms with E-state index in [2.05, 4.69) is 11.8 Å². The molecule has 0 bridgehead atoms. The molecule has 1 aliphatic rings. The number of carbonyl (C=O) groups is 2. The Morgan fingerprint density at radius 2 is 1.83 bits per heavy atom. The molecule has 0 saturated heterocycles. The molecule has 0 atom stereocenters. The lowest BCUT2D eigenvalue weighted by Crippen LogP contribution is -2.39. The van der Waals surface area contributed by atoms with Crippen LogP contribution in [0.15, 0.2) is 29.9 Å². The summed E-state index contributed by atoms with van der Waals surface area (Å²) in [7, 11) is 8.36. The standard InChI is InChI=1S/C22H26N2O5/c1-23(2)12-6-8-17-9-7-13-24(22(17)26)20(25)11-10-16-14-18(27-3)21(29-5)19(15-16)28-4/h9-11,14-15H,7,12-13H2,1-5H3. The molecule has 7 heteroatoms. The molecule has 1 aromatic rings. The quantitative estimate of drug-likeness (QED) is 0.539. The lowest BCUT2D eigenvalue weighted by atomic mass is 10.1. The van der Waals surface area contributed by atoms with Gasteiger partial charge in [0.25, 0.3) is 11.8 Å². The van der Waals surface area contributed by atoms with Crippen LogP contribution in [-0.2, 0) is 9.59 Å². The van der Waals surface area contributed by atoms with Crippen LogP contribution in [-0.4, -0.2) is 70.1 Å². The Morgan fingerprint density at radius 3 is 2.38 bits per heavy atom. The number of imide groups is 1. The topological polar surface area (TPSA) is 68.3 Å². The number of hydrogen-bond acceptors (Lipinski definition) is 6. The number of carbonyl (C=O) groups excluding carboxylic acids is 2. The molecule has 29 heavy (non-hydrogen) atoms. The summed E-state index contributed by atoms with van der Waals surface area (Å²) >= 11 is 0. The largest absolute Gasteiger partial charge is 0.493 e. The Hall–Kier alpha value is -3.24. The first-order chi connectivity index (χ1) is 13.9. The summed E-state index contributed by atoms with van der Waals surface area (Å²) in [5.41, 5.74) is 1.03. The van der Waals surface area contributed by atoms with E-state index in [0.29, 0.717) is 47.9 Å². The van der Waals surface area contributed by atoms with Crippen molar-refractivity contribution in [2.45, 2.75) is 6.42 Å². The zero-order valence-corrected chi connectivity index (χ0v) is 17.4. The maximum absolute atomic E-state index is 12.6. The molecule has 7 nitrogen and oxygen atoms in total. The molecule has 154 valence electrons. The van der Waals surface area contributed by atoms with E-state index >= 15 is 0 Å². The van der Waals surface area contributed by atoms with Gasteiger partial charge >= 0.3 is 0 Å². The molecule has 0 radical (unpaired) electrons. The molecular weight excluding hydrogens is 372 g/mol. The number of ether oxygens (including phenoxy) is 3. The minimum atomic E-state index is -0.399. The lowest BCUT2D eigenvalue weighted by molar-refractivity contribution is -0.139. The van der Waals surface area contributed by atoms with E-state index in [4.69, 9.17) is 14.2 Å². The van der Waals surface area contributed by atoms with Crippen LogP contribution in [0.3, 0.4) is 0 Å². The van der Waals surface area contributed by atoms with Gasteiger partial charge in [-0.05, 0) is 44.3 Å². The summed E-state index contributed by atoms with van der Waals surface area (Å²) in [6.07, 6.45) is 5.32. The third-order valence-corrected chi connectivity index (χ3v) is 4.17. The van der Waals surface area contributed by atoms with Crippen LogP contribution < -0.4 is 14.2 Å². The van der Waals surface area contributed by atoms with Crippen LogP contribution in [0.4, 0.5) is 0 Å². The van der Waals surface area contributed by atoms with E-state index < -0.39 is 5.91 Å². The van der Waals surface area contributed by atoms with Crippen LogP contribution in [0.25, 0.3) is 6.08 Å². The van der Waals surface area contributed by atoms with Crippen molar-refractivity contribution in [1.82, 2.24) is 9.80 Å². The Balaban J connectivity index is 2.17. The third kappa shape index (κ3) is 5.62. The molecule has 1 aliphatic heterocycles. The van der Waals surface area contributed by atoms with Gasteiger partial charge in [0.1, 0.15) is 0 Å². The highest BCUT2D eigenvalue weighted by molar-refractivity contribution is 6.11. The van der Waals surface area contributed by atoms with Crippen molar-refractivity contribution < 1.29 is 23.8 Å². The second kappa shape index (κ2) is 10.3. The zero-order chi connectivity index (χ0) is 21.4. The molecule has 0 aromatic heterocycles. The lowest BCUT2D eigenvalue weighted by Gasteiger charge is -2.22. The van der Waals surface area contributed by atoms with E-state index in [1.807, 2.05) is 19.0 Å². The van der Waals surface area contributed by atoms with Crippen molar-refractivity contribution in [3.63, 3.8) is 0 Å². The smallest absolute Gasteiger partial charge is 0.268 e. The summed E-state index contributed by atoms with van der Waals surface area (Å²) < 4.78 is 15.9. The number of rotatable bonds is 6. The van der Waals surface area contributed by atoms with Gasteiger partial charge in [-0.15, -0.1) is 0 Å². The predicted octanol–water partition coefficient (Wildman–Crippen LogP) is 1.98. The van der Waals surface area contributed by atoms with E-state index in [-0.39, 0.29) is 5.91 Å². The van der Waals surface area contributed by atoms with Gasteiger partial charge < -0.3 is 14.2 Å². The van der Waals surface area contributed by atoms with Gasteiger partial charge in [0.05, 0.1) is 33.4 Å². The number of benzene rings is 1. The van der Waals surface area contributed by atoms with Gasteiger partial charge in [-0.25, -0.2) is 0 Å². The molecule has 0 unspecified atom stereocenters. The molecular formula is C22H26N2O5. The van der Waals surface area contributed by atoms with Crippen molar-refractivity contribution in [3.05, 3.63) is 35.4 Å². The second-order valence-electron chi connectivity index (χ2n) is 6.53. The van der Waals surface area contributed by atoms with Crippen LogP contribution >= 0.6 is 0 Å². The average molecular weight is 398 g/mol. The van der Waals surface area contributed by atoms with Crippen molar-refractivity contribution in [1.29, 1.82) is 0 Å². The molecule has 0 spiro atoms. The predicted molar refractivity (Wildman–Crippen MR) is 111 cm³/mol. The highest BCUT2D eigenvalue weighted by atomic mass is 16.5. The van der Waals surface area contributed by atoms with Gasteiger partial charge in [-0.2, -0.15) is 0 Å². The van der Waals surface area contributed by atoms with Gasteiger partial charge in [0.2, 0.25) is 5.75 Å². The van der Waals surface area contributed by atoms with Crippen LogP contribution in [0.2, 0.25) is 0 Å². The Morgan fingerprint density at radius 1 is 1.17 bits per heavy atom. The Labute approximate surface area is 171 Å². The summed E-state index contributed by atoms with van der Waals surface area (Å²) in [6.45, 7) is 0.871. The molecule has 0 aliphatic carbocycles. The number of methoxy groups -OCH3 is 3. The van der Waals surface area contributed by atoms with Crippen molar-refractivity contribution in [3.8, 4) is 29.1 Å². The molecule has 0 N–H and O–H groups in total.